The third-order valence-electron chi connectivity index (χ3n) is 5.87. The van der Waals surface area contributed by atoms with Crippen molar-refractivity contribution in [3.8, 4) is 16.9 Å². The van der Waals surface area contributed by atoms with Crippen molar-refractivity contribution in [3.05, 3.63) is 78.9 Å². The summed E-state index contributed by atoms with van der Waals surface area (Å²) in [6.07, 6.45) is 1.81. The Kier molecular flexibility index (Phi) is 8.53. The maximum atomic E-state index is 13.9. The molecule has 1 unspecified atom stereocenters. The summed E-state index contributed by atoms with van der Waals surface area (Å²) in [7, 11) is 1.94. The molecule has 0 aliphatic heterocycles. The second kappa shape index (κ2) is 11.3. The standard InChI is InChI=1S/C27H34N2O3S/c1-5-22(18-19-28(2)3)21-29(33(30,31)25-14-10-7-11-15-25)27-17-16-24(32-4)20-26(27)23-12-8-6-9-13-23/h6-17,20,22H,5,18-19,21H2,1-4H3. The summed E-state index contributed by atoms with van der Waals surface area (Å²) in [5.74, 6) is 0.908. The fourth-order valence-electron chi connectivity index (χ4n) is 3.85. The Morgan fingerprint density at radius 2 is 1.55 bits per heavy atom. The van der Waals surface area contributed by atoms with Gasteiger partial charge in [0.05, 0.1) is 17.7 Å². The quantitative estimate of drug-likeness (QED) is 0.373. The first kappa shape index (κ1) is 24.8. The Morgan fingerprint density at radius 1 is 0.909 bits per heavy atom. The van der Waals surface area contributed by atoms with Gasteiger partial charge in [-0.05, 0) is 68.9 Å². The number of methoxy groups -OCH3 is 1. The van der Waals surface area contributed by atoms with Crippen molar-refractivity contribution in [1.82, 2.24) is 4.90 Å². The molecule has 0 aliphatic rings. The SMILES string of the molecule is CCC(CCN(C)C)CN(c1ccc(OC)cc1-c1ccccc1)S(=O)(=O)c1ccccc1. The van der Waals surface area contributed by atoms with Gasteiger partial charge in [0.25, 0.3) is 10.0 Å². The Labute approximate surface area is 198 Å². The molecule has 3 aromatic rings. The van der Waals surface area contributed by atoms with Gasteiger partial charge in [0.15, 0.2) is 0 Å². The number of sulfonamides is 1. The molecule has 0 bridgehead atoms. The van der Waals surface area contributed by atoms with E-state index in [4.69, 9.17) is 4.74 Å². The van der Waals surface area contributed by atoms with Crippen LogP contribution < -0.4 is 9.04 Å². The largest absolute Gasteiger partial charge is 0.497 e. The third-order valence-corrected chi connectivity index (χ3v) is 7.67. The highest BCUT2D eigenvalue weighted by Gasteiger charge is 2.29. The Balaban J connectivity index is 2.15. The van der Waals surface area contributed by atoms with Gasteiger partial charge in [-0.3, -0.25) is 4.31 Å². The summed E-state index contributed by atoms with van der Waals surface area (Å²) < 4.78 is 35.0. The molecule has 0 saturated carbocycles. The maximum Gasteiger partial charge on any atom is 0.264 e. The summed E-state index contributed by atoms with van der Waals surface area (Å²) >= 11 is 0. The predicted octanol–water partition coefficient (Wildman–Crippen LogP) is 5.54. The van der Waals surface area contributed by atoms with Gasteiger partial charge >= 0.3 is 0 Å². The number of ether oxygens (including phenoxy) is 1. The van der Waals surface area contributed by atoms with Gasteiger partial charge in [-0.1, -0.05) is 61.9 Å². The van der Waals surface area contributed by atoms with Crippen molar-refractivity contribution in [1.29, 1.82) is 0 Å². The minimum absolute atomic E-state index is 0.219. The second-order valence-corrected chi connectivity index (χ2v) is 10.3. The van der Waals surface area contributed by atoms with Crippen LogP contribution in [-0.2, 0) is 10.0 Å². The molecule has 0 radical (unpaired) electrons. The summed E-state index contributed by atoms with van der Waals surface area (Å²) in [5, 5.41) is 0. The molecule has 0 spiro atoms. The van der Waals surface area contributed by atoms with Crippen LogP contribution in [0.25, 0.3) is 11.1 Å². The molecule has 0 aromatic heterocycles. The van der Waals surface area contributed by atoms with Crippen LogP contribution in [0.2, 0.25) is 0 Å². The smallest absolute Gasteiger partial charge is 0.264 e. The highest BCUT2D eigenvalue weighted by Crippen LogP contribution is 2.37. The van der Waals surface area contributed by atoms with Crippen LogP contribution in [0.5, 0.6) is 5.75 Å². The first-order chi connectivity index (χ1) is 15.9. The van der Waals surface area contributed by atoms with Gasteiger partial charge in [0.1, 0.15) is 5.75 Å². The number of hydrogen-bond acceptors (Lipinski definition) is 4. The lowest BCUT2D eigenvalue weighted by atomic mass is 10.00. The summed E-state index contributed by atoms with van der Waals surface area (Å²) in [6, 6.07) is 24.2. The topological polar surface area (TPSA) is 49.9 Å². The molecular formula is C27H34N2O3S. The molecule has 0 saturated heterocycles. The Morgan fingerprint density at radius 3 is 2.12 bits per heavy atom. The monoisotopic (exact) mass is 466 g/mol. The van der Waals surface area contributed by atoms with Crippen molar-refractivity contribution in [2.24, 2.45) is 5.92 Å². The lowest BCUT2D eigenvalue weighted by Gasteiger charge is -2.31. The van der Waals surface area contributed by atoms with Gasteiger partial charge < -0.3 is 9.64 Å². The highest BCUT2D eigenvalue weighted by atomic mass is 32.2. The molecule has 3 aromatic carbocycles. The van der Waals surface area contributed by atoms with E-state index in [-0.39, 0.29) is 5.92 Å². The van der Waals surface area contributed by atoms with Crippen molar-refractivity contribution >= 4 is 15.7 Å². The number of hydrogen-bond donors (Lipinski definition) is 0. The number of rotatable bonds is 11. The summed E-state index contributed by atoms with van der Waals surface area (Å²) in [6.45, 7) is 3.44. The highest BCUT2D eigenvalue weighted by molar-refractivity contribution is 7.92. The fourth-order valence-corrected chi connectivity index (χ4v) is 5.43. The third kappa shape index (κ3) is 6.15. The maximum absolute atomic E-state index is 13.9. The van der Waals surface area contributed by atoms with Crippen LogP contribution in [-0.4, -0.2) is 47.6 Å². The van der Waals surface area contributed by atoms with Gasteiger partial charge in [-0.2, -0.15) is 0 Å². The van der Waals surface area contributed by atoms with Gasteiger partial charge in [0, 0.05) is 12.1 Å². The van der Waals surface area contributed by atoms with Crippen LogP contribution >= 0.6 is 0 Å². The first-order valence-electron chi connectivity index (χ1n) is 11.3. The van der Waals surface area contributed by atoms with Crippen molar-refractivity contribution in [3.63, 3.8) is 0 Å². The van der Waals surface area contributed by atoms with E-state index >= 15 is 0 Å². The molecule has 5 nitrogen and oxygen atoms in total. The van der Waals surface area contributed by atoms with E-state index in [2.05, 4.69) is 11.8 Å². The van der Waals surface area contributed by atoms with Crippen molar-refractivity contribution in [2.75, 3.05) is 38.6 Å². The van der Waals surface area contributed by atoms with E-state index in [0.717, 1.165) is 30.5 Å². The molecule has 33 heavy (non-hydrogen) atoms. The molecule has 3 rings (SSSR count). The van der Waals surface area contributed by atoms with Gasteiger partial charge in [0.2, 0.25) is 0 Å². The van der Waals surface area contributed by atoms with E-state index in [1.165, 1.54) is 0 Å². The van der Waals surface area contributed by atoms with Crippen LogP contribution in [0.15, 0.2) is 83.8 Å². The van der Waals surface area contributed by atoms with E-state index in [1.54, 1.807) is 35.7 Å². The normalized spacial score (nSPS) is 12.5. The molecule has 176 valence electrons. The first-order valence-corrected chi connectivity index (χ1v) is 12.8. The molecule has 0 amide bonds. The average Bonchev–Trinajstić information content (AvgIpc) is 2.85. The number of anilines is 1. The lowest BCUT2D eigenvalue weighted by Crippen LogP contribution is -2.36. The summed E-state index contributed by atoms with van der Waals surface area (Å²) in [5.41, 5.74) is 2.44. The van der Waals surface area contributed by atoms with Crippen molar-refractivity contribution < 1.29 is 13.2 Å². The van der Waals surface area contributed by atoms with E-state index in [0.29, 0.717) is 22.9 Å². The van der Waals surface area contributed by atoms with Crippen molar-refractivity contribution in [2.45, 2.75) is 24.7 Å². The molecule has 0 fully saturated rings. The summed E-state index contributed by atoms with van der Waals surface area (Å²) in [4.78, 5) is 2.43. The van der Waals surface area contributed by atoms with Crippen LogP contribution in [0.3, 0.4) is 0 Å². The van der Waals surface area contributed by atoms with E-state index in [1.807, 2.05) is 68.7 Å². The average molecular weight is 467 g/mol. The number of benzene rings is 3. The second-order valence-electron chi connectivity index (χ2n) is 8.46. The molecule has 0 N–H and O–H groups in total. The van der Waals surface area contributed by atoms with Crippen LogP contribution in [0.1, 0.15) is 19.8 Å². The lowest BCUT2D eigenvalue weighted by molar-refractivity contribution is 0.348. The molecule has 1 atom stereocenters. The Hall–Kier alpha value is -2.83. The molecular weight excluding hydrogens is 432 g/mol. The zero-order valence-electron chi connectivity index (χ0n) is 19.9. The molecule has 6 heteroatoms. The van der Waals surface area contributed by atoms with Gasteiger partial charge in [-0.25, -0.2) is 8.42 Å². The van der Waals surface area contributed by atoms with Crippen LogP contribution in [0, 0.1) is 5.92 Å². The predicted molar refractivity (Wildman–Crippen MR) is 136 cm³/mol. The van der Waals surface area contributed by atoms with E-state index in [9.17, 15) is 8.42 Å². The zero-order valence-corrected chi connectivity index (χ0v) is 20.8. The minimum Gasteiger partial charge on any atom is -0.497 e. The van der Waals surface area contributed by atoms with Crippen LogP contribution in [0.4, 0.5) is 5.69 Å². The number of nitrogens with zero attached hydrogens (tertiary/aromatic N) is 2. The fraction of sp³-hybridized carbons (Fsp3) is 0.333. The molecule has 0 aliphatic carbocycles. The van der Waals surface area contributed by atoms with E-state index < -0.39 is 10.0 Å². The molecule has 0 heterocycles. The zero-order chi connectivity index (χ0) is 23.8. The Bertz CT molecular complexity index is 1120. The van der Waals surface area contributed by atoms with Gasteiger partial charge in [-0.15, -0.1) is 0 Å². The minimum atomic E-state index is -3.77.